The number of amides is 2. The van der Waals surface area contributed by atoms with Gasteiger partial charge in [0.25, 0.3) is 11.1 Å². The molecule has 164 valence electrons. The van der Waals surface area contributed by atoms with E-state index in [0.29, 0.717) is 34.0 Å². The van der Waals surface area contributed by atoms with Gasteiger partial charge in [-0.25, -0.2) is 9.97 Å². The molecule has 0 radical (unpaired) electrons. The van der Waals surface area contributed by atoms with E-state index in [1.54, 1.807) is 25.4 Å². The number of anilines is 2. The topological polar surface area (TPSA) is 108 Å². The number of H-pyrrole nitrogens is 1. The molecule has 0 unspecified atom stereocenters. The van der Waals surface area contributed by atoms with Gasteiger partial charge in [-0.15, -0.1) is 0 Å². The minimum atomic E-state index is -0.525. The van der Waals surface area contributed by atoms with E-state index in [9.17, 15) is 14.4 Å². The maximum Gasteiger partial charge on any atom is 0.293 e. The van der Waals surface area contributed by atoms with Crippen LogP contribution in [-0.2, 0) is 4.79 Å². The molecule has 1 aliphatic heterocycles. The molecular weight excluding hydrogens is 426 g/mol. The summed E-state index contributed by atoms with van der Waals surface area (Å²) in [5.74, 6) is 0.240. The van der Waals surface area contributed by atoms with Crippen molar-refractivity contribution in [3.05, 3.63) is 52.7 Å². The quantitative estimate of drug-likeness (QED) is 0.417. The van der Waals surface area contributed by atoms with Gasteiger partial charge in [-0.3, -0.25) is 19.3 Å². The summed E-state index contributed by atoms with van der Waals surface area (Å²) >= 11 is 0.949. The van der Waals surface area contributed by atoms with Crippen molar-refractivity contribution in [3.8, 4) is 0 Å². The Kier molecular flexibility index (Phi) is 5.60. The Balaban J connectivity index is 1.54. The molecule has 1 fully saturated rings. The molecule has 1 saturated heterocycles. The second-order valence-electron chi connectivity index (χ2n) is 8.41. The zero-order valence-electron chi connectivity index (χ0n) is 18.2. The summed E-state index contributed by atoms with van der Waals surface area (Å²) in [7, 11) is 0. The van der Waals surface area contributed by atoms with E-state index in [-0.39, 0.29) is 16.9 Å². The number of hydrogen-bond acceptors (Lipinski definition) is 7. The second kappa shape index (κ2) is 8.23. The molecule has 4 rings (SSSR count). The van der Waals surface area contributed by atoms with E-state index < -0.39 is 5.41 Å². The Bertz CT molecular complexity index is 1250. The molecule has 0 aliphatic carbocycles. The molecule has 9 heteroatoms. The van der Waals surface area contributed by atoms with E-state index in [0.717, 1.165) is 23.0 Å². The number of ketones is 1. The van der Waals surface area contributed by atoms with Gasteiger partial charge in [0.2, 0.25) is 0 Å². The number of thioether (sulfide) groups is 1. The first-order chi connectivity index (χ1) is 15.2. The van der Waals surface area contributed by atoms with Crippen LogP contribution in [0, 0.1) is 5.41 Å². The molecule has 1 aromatic carbocycles. The van der Waals surface area contributed by atoms with Gasteiger partial charge < -0.3 is 10.3 Å². The summed E-state index contributed by atoms with van der Waals surface area (Å²) in [4.78, 5) is 50.4. The minimum absolute atomic E-state index is 0.00737. The third-order valence-electron chi connectivity index (χ3n) is 4.98. The molecule has 2 aromatic heterocycles. The third kappa shape index (κ3) is 4.16. The third-order valence-corrected chi connectivity index (χ3v) is 5.88. The molecule has 0 atom stereocenters. The van der Waals surface area contributed by atoms with Gasteiger partial charge in [0, 0.05) is 23.8 Å². The van der Waals surface area contributed by atoms with Gasteiger partial charge >= 0.3 is 0 Å². The van der Waals surface area contributed by atoms with Gasteiger partial charge in [-0.2, -0.15) is 0 Å². The molecular formula is C23H23N5O3S. The van der Waals surface area contributed by atoms with Crippen molar-refractivity contribution in [1.29, 1.82) is 0 Å². The van der Waals surface area contributed by atoms with Crippen molar-refractivity contribution in [2.24, 2.45) is 5.41 Å². The largest absolute Gasteiger partial charge is 0.344 e. The Morgan fingerprint density at radius 3 is 2.56 bits per heavy atom. The average Bonchev–Trinajstić information content (AvgIpc) is 3.28. The minimum Gasteiger partial charge on any atom is -0.344 e. The molecule has 32 heavy (non-hydrogen) atoms. The fourth-order valence-corrected chi connectivity index (χ4v) is 4.17. The summed E-state index contributed by atoms with van der Waals surface area (Å²) in [6.45, 7) is 7.74. The first-order valence-electron chi connectivity index (χ1n) is 10.2. The highest BCUT2D eigenvalue weighted by atomic mass is 32.2. The number of likely N-dealkylation sites (N-methyl/N-ethyl adjacent to an activating group) is 1. The monoisotopic (exact) mass is 449 g/mol. The Morgan fingerprint density at radius 2 is 1.94 bits per heavy atom. The lowest BCUT2D eigenvalue weighted by Crippen LogP contribution is -2.27. The molecule has 0 saturated carbocycles. The van der Waals surface area contributed by atoms with Gasteiger partial charge in [0.05, 0.1) is 16.7 Å². The van der Waals surface area contributed by atoms with Crippen LogP contribution >= 0.6 is 11.8 Å². The number of hydrogen-bond donors (Lipinski definition) is 2. The van der Waals surface area contributed by atoms with Crippen molar-refractivity contribution in [2.45, 2.75) is 27.7 Å². The summed E-state index contributed by atoms with van der Waals surface area (Å²) in [5, 5.41) is 2.94. The zero-order valence-corrected chi connectivity index (χ0v) is 19.0. The van der Waals surface area contributed by atoms with E-state index >= 15 is 0 Å². The number of Topliss-reactive ketones (excluding diaryl/α,β-unsaturated/α-hetero) is 1. The van der Waals surface area contributed by atoms with Crippen molar-refractivity contribution >= 4 is 57.4 Å². The highest BCUT2D eigenvalue weighted by Crippen LogP contribution is 2.32. The normalized spacial score (nSPS) is 15.8. The van der Waals surface area contributed by atoms with Crippen LogP contribution < -0.4 is 5.32 Å². The van der Waals surface area contributed by atoms with E-state index in [1.807, 2.05) is 45.0 Å². The van der Waals surface area contributed by atoms with Crippen LogP contribution in [0.3, 0.4) is 0 Å². The SMILES string of the molecule is CCN1C(=O)SC(=Cc2ccc(Nc3cnc4[nH]cc(C(=O)C(C)(C)C)c4n3)cc2)C1=O. The number of carbonyl (C=O) groups excluding carboxylic acids is 3. The standard InChI is InChI=1S/C23H23N5O3S/c1-5-28-21(30)16(32-22(28)31)10-13-6-8-14(9-7-13)26-17-12-25-20-18(27-17)15(11-24-20)19(29)23(2,3)4/h6-12H,5H2,1-4H3,(H,24,25)(H,26,27). The molecule has 1 aliphatic rings. The van der Waals surface area contributed by atoms with Gasteiger partial charge in [0.15, 0.2) is 11.4 Å². The molecule has 2 N–H and O–H groups in total. The van der Waals surface area contributed by atoms with Crippen LogP contribution in [0.4, 0.5) is 16.3 Å². The molecule has 8 nitrogen and oxygen atoms in total. The lowest BCUT2D eigenvalue weighted by atomic mass is 9.87. The van der Waals surface area contributed by atoms with Crippen LogP contribution in [0.1, 0.15) is 43.6 Å². The molecule has 3 aromatic rings. The highest BCUT2D eigenvalue weighted by molar-refractivity contribution is 8.18. The summed E-state index contributed by atoms with van der Waals surface area (Å²) in [6, 6.07) is 7.39. The van der Waals surface area contributed by atoms with E-state index in [4.69, 9.17) is 0 Å². The number of carbonyl (C=O) groups is 3. The Morgan fingerprint density at radius 1 is 1.22 bits per heavy atom. The van der Waals surface area contributed by atoms with Crippen LogP contribution in [0.5, 0.6) is 0 Å². The lowest BCUT2D eigenvalue weighted by Gasteiger charge is -2.15. The fraction of sp³-hybridized carbons (Fsp3) is 0.261. The second-order valence-corrected chi connectivity index (χ2v) is 9.40. The Hall–Kier alpha value is -3.46. The predicted octanol–water partition coefficient (Wildman–Crippen LogP) is 4.99. The van der Waals surface area contributed by atoms with Gasteiger partial charge in [0.1, 0.15) is 11.3 Å². The van der Waals surface area contributed by atoms with Gasteiger partial charge in [-0.05, 0) is 42.5 Å². The average molecular weight is 450 g/mol. The van der Waals surface area contributed by atoms with Crippen molar-refractivity contribution in [3.63, 3.8) is 0 Å². The number of fused-ring (bicyclic) bond motifs is 1. The summed E-state index contributed by atoms with van der Waals surface area (Å²) in [5.41, 5.74) is 2.65. The molecule has 0 bridgehead atoms. The fourth-order valence-electron chi connectivity index (χ4n) is 3.26. The smallest absolute Gasteiger partial charge is 0.293 e. The summed E-state index contributed by atoms with van der Waals surface area (Å²) < 4.78 is 0. The highest BCUT2D eigenvalue weighted by Gasteiger charge is 2.33. The van der Waals surface area contributed by atoms with Crippen LogP contribution in [-0.4, -0.2) is 43.3 Å². The predicted molar refractivity (Wildman–Crippen MR) is 126 cm³/mol. The van der Waals surface area contributed by atoms with Crippen molar-refractivity contribution in [1.82, 2.24) is 19.9 Å². The zero-order chi connectivity index (χ0) is 23.0. The summed E-state index contributed by atoms with van der Waals surface area (Å²) in [6.07, 6.45) is 4.95. The first kappa shape index (κ1) is 21.8. The van der Waals surface area contributed by atoms with Crippen LogP contribution in [0.25, 0.3) is 17.2 Å². The molecule has 3 heterocycles. The van der Waals surface area contributed by atoms with E-state index in [1.165, 1.54) is 4.90 Å². The number of nitrogens with one attached hydrogen (secondary N) is 2. The number of imide groups is 1. The van der Waals surface area contributed by atoms with Crippen LogP contribution in [0.2, 0.25) is 0 Å². The first-order valence-corrected chi connectivity index (χ1v) is 11.0. The Labute approximate surface area is 189 Å². The van der Waals surface area contributed by atoms with Crippen molar-refractivity contribution in [2.75, 3.05) is 11.9 Å². The van der Waals surface area contributed by atoms with Gasteiger partial charge in [-0.1, -0.05) is 32.9 Å². The number of aromatic nitrogens is 3. The van der Waals surface area contributed by atoms with Crippen molar-refractivity contribution < 1.29 is 14.4 Å². The number of rotatable bonds is 5. The molecule has 2 amide bonds. The number of nitrogens with zero attached hydrogens (tertiary/aromatic N) is 3. The lowest BCUT2D eigenvalue weighted by molar-refractivity contribution is -0.122. The van der Waals surface area contributed by atoms with Crippen LogP contribution in [0.15, 0.2) is 41.6 Å². The van der Waals surface area contributed by atoms with E-state index in [2.05, 4.69) is 20.3 Å². The molecule has 0 spiro atoms. The maximum atomic E-state index is 12.7. The maximum absolute atomic E-state index is 12.7. The number of benzene rings is 1. The number of aromatic amines is 1.